The van der Waals surface area contributed by atoms with Crippen LogP contribution >= 0.6 is 0 Å². The first kappa shape index (κ1) is 13.6. The molecule has 1 atom stereocenters. The van der Waals surface area contributed by atoms with Crippen molar-refractivity contribution >= 4 is 11.0 Å². The molecule has 108 valence electrons. The largest absolute Gasteiger partial charge is 0.327 e. The highest BCUT2D eigenvalue weighted by molar-refractivity contribution is 5.77. The van der Waals surface area contributed by atoms with Gasteiger partial charge in [-0.25, -0.2) is 4.98 Å². The average Bonchev–Trinajstić information content (AvgIpc) is 3.05. The highest BCUT2D eigenvalue weighted by Gasteiger charge is 2.38. The predicted molar refractivity (Wildman–Crippen MR) is 84.2 cm³/mol. The van der Waals surface area contributed by atoms with Gasteiger partial charge in [0.05, 0.1) is 11.0 Å². The number of aromatic nitrogens is 2. The number of nitrogens with zero attached hydrogens (tertiary/aromatic N) is 2. The Balaban J connectivity index is 2.20. The van der Waals surface area contributed by atoms with Gasteiger partial charge in [-0.15, -0.1) is 0 Å². The first-order valence-electron chi connectivity index (χ1n) is 7.88. The molecule has 1 aliphatic rings. The van der Waals surface area contributed by atoms with E-state index in [1.165, 1.54) is 23.3 Å². The van der Waals surface area contributed by atoms with Gasteiger partial charge in [0, 0.05) is 18.5 Å². The van der Waals surface area contributed by atoms with Crippen LogP contribution in [0.1, 0.15) is 44.5 Å². The minimum atomic E-state index is 0.224. The van der Waals surface area contributed by atoms with Gasteiger partial charge in [0.1, 0.15) is 5.82 Å². The Morgan fingerprint density at radius 2 is 2.20 bits per heavy atom. The summed E-state index contributed by atoms with van der Waals surface area (Å²) in [7, 11) is 0. The number of benzene rings is 1. The van der Waals surface area contributed by atoms with Crippen LogP contribution in [-0.4, -0.2) is 22.6 Å². The second kappa shape index (κ2) is 5.21. The summed E-state index contributed by atoms with van der Waals surface area (Å²) >= 11 is 0. The van der Waals surface area contributed by atoms with Crippen molar-refractivity contribution in [2.45, 2.75) is 52.0 Å². The molecule has 1 saturated heterocycles. The molecule has 2 heterocycles. The van der Waals surface area contributed by atoms with Crippen molar-refractivity contribution in [1.82, 2.24) is 14.9 Å². The third kappa shape index (κ3) is 2.05. The topological polar surface area (TPSA) is 29.9 Å². The van der Waals surface area contributed by atoms with Crippen molar-refractivity contribution in [3.05, 3.63) is 29.6 Å². The van der Waals surface area contributed by atoms with Crippen LogP contribution in [0.15, 0.2) is 18.2 Å². The molecule has 1 N–H and O–H groups in total. The van der Waals surface area contributed by atoms with Crippen LogP contribution in [0.25, 0.3) is 11.0 Å². The van der Waals surface area contributed by atoms with Crippen LogP contribution in [0.2, 0.25) is 0 Å². The average molecular weight is 271 g/mol. The number of nitrogens with one attached hydrogen (secondary N) is 1. The summed E-state index contributed by atoms with van der Waals surface area (Å²) in [5.41, 5.74) is 3.97. The fraction of sp³-hybridized carbons (Fsp3) is 0.588. The van der Waals surface area contributed by atoms with E-state index in [-0.39, 0.29) is 5.41 Å². The first-order valence-corrected chi connectivity index (χ1v) is 7.88. The quantitative estimate of drug-likeness (QED) is 0.923. The summed E-state index contributed by atoms with van der Waals surface area (Å²) in [6, 6.07) is 6.66. The van der Waals surface area contributed by atoms with Gasteiger partial charge in [-0.3, -0.25) is 0 Å². The molecule has 1 aromatic heterocycles. The normalized spacial score (nSPS) is 22.8. The zero-order valence-corrected chi connectivity index (χ0v) is 12.9. The van der Waals surface area contributed by atoms with E-state index < -0.39 is 0 Å². The Kier molecular flexibility index (Phi) is 3.55. The summed E-state index contributed by atoms with van der Waals surface area (Å²) in [6.07, 6.45) is 3.51. The molecule has 0 spiro atoms. The van der Waals surface area contributed by atoms with E-state index in [9.17, 15) is 0 Å². The third-order valence-electron chi connectivity index (χ3n) is 4.75. The summed E-state index contributed by atoms with van der Waals surface area (Å²) in [5.74, 6) is 1.30. The molecular weight excluding hydrogens is 246 g/mol. The first-order chi connectivity index (χ1) is 9.70. The van der Waals surface area contributed by atoms with Gasteiger partial charge in [0.15, 0.2) is 0 Å². The third-order valence-corrected chi connectivity index (χ3v) is 4.75. The van der Waals surface area contributed by atoms with Crippen molar-refractivity contribution in [1.29, 1.82) is 0 Å². The standard InChI is InChI=1S/C17H25N3/c1-4-10-20-15-7-6-13(3)11-14(15)19-16(20)17(5-2)8-9-18-12-17/h6-7,11,18H,4-5,8-10,12H2,1-3H3. The fourth-order valence-corrected chi connectivity index (χ4v) is 3.49. The van der Waals surface area contributed by atoms with Crippen LogP contribution in [0.5, 0.6) is 0 Å². The molecule has 3 nitrogen and oxygen atoms in total. The Labute approximate surface area is 121 Å². The smallest absolute Gasteiger partial charge is 0.117 e. The van der Waals surface area contributed by atoms with Gasteiger partial charge in [-0.2, -0.15) is 0 Å². The Morgan fingerprint density at radius 3 is 2.85 bits per heavy atom. The highest BCUT2D eigenvalue weighted by atomic mass is 15.1. The highest BCUT2D eigenvalue weighted by Crippen LogP contribution is 2.35. The van der Waals surface area contributed by atoms with E-state index in [1.54, 1.807) is 0 Å². The molecule has 1 unspecified atom stereocenters. The maximum Gasteiger partial charge on any atom is 0.117 e. The summed E-state index contributed by atoms with van der Waals surface area (Å²) in [5, 5.41) is 3.53. The summed E-state index contributed by atoms with van der Waals surface area (Å²) in [4.78, 5) is 5.04. The zero-order chi connectivity index (χ0) is 14.2. The van der Waals surface area contributed by atoms with Crippen molar-refractivity contribution < 1.29 is 0 Å². The van der Waals surface area contributed by atoms with Gasteiger partial charge in [0.2, 0.25) is 0 Å². The minimum Gasteiger partial charge on any atom is -0.327 e. The maximum atomic E-state index is 5.04. The van der Waals surface area contributed by atoms with Crippen LogP contribution in [0.3, 0.4) is 0 Å². The lowest BCUT2D eigenvalue weighted by atomic mass is 9.83. The molecule has 0 bridgehead atoms. The maximum absolute atomic E-state index is 5.04. The van der Waals surface area contributed by atoms with Gasteiger partial charge in [-0.1, -0.05) is 19.9 Å². The second-order valence-corrected chi connectivity index (χ2v) is 6.14. The molecule has 1 aliphatic heterocycles. The lowest BCUT2D eigenvalue weighted by Crippen LogP contribution is -2.32. The predicted octanol–water partition coefficient (Wildman–Crippen LogP) is 3.40. The molecule has 0 radical (unpaired) electrons. The van der Waals surface area contributed by atoms with Gasteiger partial charge in [-0.05, 0) is 50.4 Å². The molecule has 3 rings (SSSR count). The van der Waals surface area contributed by atoms with E-state index in [0.29, 0.717) is 0 Å². The fourth-order valence-electron chi connectivity index (χ4n) is 3.49. The lowest BCUT2D eigenvalue weighted by molar-refractivity contribution is 0.405. The van der Waals surface area contributed by atoms with E-state index in [2.05, 4.69) is 48.9 Å². The number of rotatable bonds is 4. The SMILES string of the molecule is CCCn1c(C2(CC)CCNC2)nc2cc(C)ccc21. The Hall–Kier alpha value is -1.35. The number of fused-ring (bicyclic) bond motifs is 1. The van der Waals surface area contributed by atoms with Crippen LogP contribution < -0.4 is 5.32 Å². The number of hydrogen-bond donors (Lipinski definition) is 1. The molecule has 0 amide bonds. The molecule has 3 heteroatoms. The van der Waals surface area contributed by atoms with Crippen molar-refractivity contribution in [2.75, 3.05) is 13.1 Å². The van der Waals surface area contributed by atoms with E-state index in [0.717, 1.165) is 38.0 Å². The molecule has 0 aliphatic carbocycles. The van der Waals surface area contributed by atoms with Gasteiger partial charge >= 0.3 is 0 Å². The van der Waals surface area contributed by atoms with E-state index in [4.69, 9.17) is 4.98 Å². The summed E-state index contributed by atoms with van der Waals surface area (Å²) in [6.45, 7) is 9.93. The molecular formula is C17H25N3. The van der Waals surface area contributed by atoms with E-state index in [1.807, 2.05) is 0 Å². The molecule has 1 aromatic carbocycles. The van der Waals surface area contributed by atoms with Gasteiger partial charge in [0.25, 0.3) is 0 Å². The zero-order valence-electron chi connectivity index (χ0n) is 12.9. The molecule has 20 heavy (non-hydrogen) atoms. The van der Waals surface area contributed by atoms with Crippen LogP contribution in [-0.2, 0) is 12.0 Å². The molecule has 2 aromatic rings. The molecule has 0 saturated carbocycles. The Bertz CT molecular complexity index is 606. The monoisotopic (exact) mass is 271 g/mol. The number of hydrogen-bond acceptors (Lipinski definition) is 2. The number of imidazole rings is 1. The van der Waals surface area contributed by atoms with Crippen molar-refractivity contribution in [3.63, 3.8) is 0 Å². The molecule has 1 fully saturated rings. The lowest BCUT2D eigenvalue weighted by Gasteiger charge is -2.27. The van der Waals surface area contributed by atoms with Crippen molar-refractivity contribution in [2.24, 2.45) is 0 Å². The van der Waals surface area contributed by atoms with Crippen molar-refractivity contribution in [3.8, 4) is 0 Å². The summed E-state index contributed by atoms with van der Waals surface area (Å²) < 4.78 is 2.46. The minimum absolute atomic E-state index is 0.224. The van der Waals surface area contributed by atoms with Crippen LogP contribution in [0, 0.1) is 6.92 Å². The Morgan fingerprint density at radius 1 is 1.35 bits per heavy atom. The van der Waals surface area contributed by atoms with E-state index >= 15 is 0 Å². The second-order valence-electron chi connectivity index (χ2n) is 6.14. The van der Waals surface area contributed by atoms with Crippen LogP contribution in [0.4, 0.5) is 0 Å². The number of aryl methyl sites for hydroxylation is 2. The van der Waals surface area contributed by atoms with Gasteiger partial charge < -0.3 is 9.88 Å².